The molecule has 78 valence electrons. The predicted molar refractivity (Wildman–Crippen MR) is 65.7 cm³/mol. The van der Waals surface area contributed by atoms with Crippen molar-refractivity contribution in [2.45, 2.75) is 13.8 Å². The van der Waals surface area contributed by atoms with E-state index in [0.717, 1.165) is 15.3 Å². The van der Waals surface area contributed by atoms with E-state index in [1.165, 1.54) is 0 Å². The van der Waals surface area contributed by atoms with E-state index in [0.29, 0.717) is 5.84 Å². The van der Waals surface area contributed by atoms with Gasteiger partial charge in [-0.1, -0.05) is 37.3 Å². The second-order valence-corrected chi connectivity index (χ2v) is 4.66. The third-order valence-electron chi connectivity index (χ3n) is 2.10. The van der Waals surface area contributed by atoms with Crippen molar-refractivity contribution in [1.29, 1.82) is 0 Å². The molecule has 2 aromatic rings. The molecule has 0 aliphatic rings. The minimum absolute atomic E-state index is 0.261. The Balaban J connectivity index is 2.41. The Labute approximate surface area is 92.7 Å². The Morgan fingerprint density at radius 2 is 2.13 bits per heavy atom. The fourth-order valence-electron chi connectivity index (χ4n) is 1.15. The first-order chi connectivity index (χ1) is 7.16. The van der Waals surface area contributed by atoms with Crippen LogP contribution in [0, 0.1) is 5.92 Å². The lowest BCUT2D eigenvalue weighted by Crippen LogP contribution is -2.17. The van der Waals surface area contributed by atoms with Crippen molar-refractivity contribution in [3.8, 4) is 0 Å². The third-order valence-corrected chi connectivity index (χ3v) is 3.03. The van der Waals surface area contributed by atoms with Gasteiger partial charge in [0, 0.05) is 5.92 Å². The SMILES string of the molecule is CC(C)/C(N)=N/c1nc2ccccc2s1. The molecule has 2 rings (SSSR count). The molecule has 0 amide bonds. The highest BCUT2D eigenvalue weighted by atomic mass is 32.1. The lowest BCUT2D eigenvalue weighted by molar-refractivity contribution is 0.872. The number of amidine groups is 1. The maximum Gasteiger partial charge on any atom is 0.211 e. The average molecular weight is 219 g/mol. The maximum atomic E-state index is 5.79. The van der Waals surface area contributed by atoms with Gasteiger partial charge in [-0.25, -0.2) is 9.98 Å². The van der Waals surface area contributed by atoms with E-state index in [-0.39, 0.29) is 5.92 Å². The second-order valence-electron chi connectivity index (χ2n) is 3.66. The summed E-state index contributed by atoms with van der Waals surface area (Å²) in [5.74, 6) is 0.895. The van der Waals surface area contributed by atoms with Gasteiger partial charge in [0.1, 0.15) is 5.84 Å². The van der Waals surface area contributed by atoms with Gasteiger partial charge in [0.2, 0.25) is 5.13 Å². The standard InChI is InChI=1S/C11H13N3S/c1-7(2)10(12)14-11-13-8-5-3-4-6-9(8)15-11/h3-7H,1-2H3,(H2,12,13,14). The van der Waals surface area contributed by atoms with E-state index >= 15 is 0 Å². The fraction of sp³-hybridized carbons (Fsp3) is 0.273. The summed E-state index contributed by atoms with van der Waals surface area (Å²) >= 11 is 1.56. The highest BCUT2D eigenvalue weighted by Crippen LogP contribution is 2.27. The first-order valence-corrected chi connectivity index (χ1v) is 5.68. The molecule has 0 fully saturated rings. The smallest absolute Gasteiger partial charge is 0.211 e. The minimum Gasteiger partial charge on any atom is -0.387 e. The van der Waals surface area contributed by atoms with Crippen LogP contribution in [0.3, 0.4) is 0 Å². The molecule has 0 radical (unpaired) electrons. The zero-order valence-corrected chi connectivity index (χ0v) is 9.58. The van der Waals surface area contributed by atoms with Gasteiger partial charge < -0.3 is 5.73 Å². The number of rotatable bonds is 2. The number of aromatic nitrogens is 1. The molecule has 0 bridgehead atoms. The summed E-state index contributed by atoms with van der Waals surface area (Å²) in [5.41, 5.74) is 6.77. The van der Waals surface area contributed by atoms with Gasteiger partial charge >= 0.3 is 0 Å². The summed E-state index contributed by atoms with van der Waals surface area (Å²) in [4.78, 5) is 8.68. The second kappa shape index (κ2) is 3.98. The molecule has 1 heterocycles. The van der Waals surface area contributed by atoms with Crippen LogP contribution in [0.5, 0.6) is 0 Å². The molecule has 0 aliphatic carbocycles. The van der Waals surface area contributed by atoms with Crippen LogP contribution in [0.2, 0.25) is 0 Å². The lowest BCUT2D eigenvalue weighted by Gasteiger charge is -2.00. The summed E-state index contributed by atoms with van der Waals surface area (Å²) < 4.78 is 1.15. The van der Waals surface area contributed by atoms with Crippen LogP contribution in [-0.4, -0.2) is 10.8 Å². The van der Waals surface area contributed by atoms with Crippen LogP contribution in [0.1, 0.15) is 13.8 Å². The molecule has 0 unspecified atom stereocenters. The van der Waals surface area contributed by atoms with Crippen molar-refractivity contribution < 1.29 is 0 Å². The normalized spacial score (nSPS) is 12.6. The number of hydrogen-bond acceptors (Lipinski definition) is 3. The van der Waals surface area contributed by atoms with E-state index in [4.69, 9.17) is 5.73 Å². The van der Waals surface area contributed by atoms with E-state index in [9.17, 15) is 0 Å². The van der Waals surface area contributed by atoms with E-state index in [2.05, 4.69) is 9.98 Å². The van der Waals surface area contributed by atoms with Gasteiger partial charge in [-0.15, -0.1) is 0 Å². The molecule has 1 aromatic heterocycles. The summed E-state index contributed by atoms with van der Waals surface area (Å²) in [6.07, 6.45) is 0. The molecule has 0 saturated heterocycles. The monoisotopic (exact) mass is 219 g/mol. The van der Waals surface area contributed by atoms with Gasteiger partial charge in [-0.2, -0.15) is 0 Å². The van der Waals surface area contributed by atoms with Crippen molar-refractivity contribution in [3.05, 3.63) is 24.3 Å². The molecular weight excluding hydrogens is 206 g/mol. The fourth-order valence-corrected chi connectivity index (χ4v) is 2.00. The van der Waals surface area contributed by atoms with Crippen LogP contribution in [0.4, 0.5) is 5.13 Å². The van der Waals surface area contributed by atoms with Crippen molar-refractivity contribution >= 4 is 32.5 Å². The number of para-hydroxylation sites is 1. The first kappa shape index (κ1) is 10.1. The Kier molecular flexibility index (Phi) is 2.68. The molecule has 15 heavy (non-hydrogen) atoms. The maximum absolute atomic E-state index is 5.79. The number of fused-ring (bicyclic) bond motifs is 1. The van der Waals surface area contributed by atoms with Gasteiger partial charge in [0.05, 0.1) is 10.2 Å². The van der Waals surface area contributed by atoms with Gasteiger partial charge in [0.25, 0.3) is 0 Å². The first-order valence-electron chi connectivity index (χ1n) is 4.86. The van der Waals surface area contributed by atoms with Crippen LogP contribution < -0.4 is 5.73 Å². The van der Waals surface area contributed by atoms with Gasteiger partial charge in [-0.05, 0) is 12.1 Å². The molecule has 2 N–H and O–H groups in total. The van der Waals surface area contributed by atoms with Gasteiger partial charge in [0.15, 0.2) is 0 Å². The van der Waals surface area contributed by atoms with E-state index in [1.807, 2.05) is 38.1 Å². The van der Waals surface area contributed by atoms with Crippen molar-refractivity contribution in [3.63, 3.8) is 0 Å². The summed E-state index contributed by atoms with van der Waals surface area (Å²) in [6, 6.07) is 8.00. The van der Waals surface area contributed by atoms with Gasteiger partial charge in [-0.3, -0.25) is 0 Å². The molecule has 0 spiro atoms. The lowest BCUT2D eigenvalue weighted by atomic mass is 10.2. The zero-order valence-electron chi connectivity index (χ0n) is 8.77. The highest BCUT2D eigenvalue weighted by Gasteiger charge is 2.04. The Morgan fingerprint density at radius 1 is 1.40 bits per heavy atom. The highest BCUT2D eigenvalue weighted by molar-refractivity contribution is 7.22. The number of aliphatic imine (C=N–C) groups is 1. The van der Waals surface area contributed by atoms with Crippen LogP contribution in [0.15, 0.2) is 29.3 Å². The average Bonchev–Trinajstić information content (AvgIpc) is 2.59. The molecule has 0 atom stereocenters. The molecule has 4 heteroatoms. The van der Waals surface area contributed by atoms with Crippen LogP contribution in [0.25, 0.3) is 10.2 Å². The van der Waals surface area contributed by atoms with Crippen LogP contribution in [-0.2, 0) is 0 Å². The Morgan fingerprint density at radius 3 is 2.80 bits per heavy atom. The molecule has 1 aromatic carbocycles. The summed E-state index contributed by atoms with van der Waals surface area (Å²) in [6.45, 7) is 4.04. The number of hydrogen-bond donors (Lipinski definition) is 1. The van der Waals surface area contributed by atoms with Crippen molar-refractivity contribution in [2.24, 2.45) is 16.6 Å². The molecule has 0 aliphatic heterocycles. The topological polar surface area (TPSA) is 51.3 Å². The Hall–Kier alpha value is -1.42. The summed E-state index contributed by atoms with van der Waals surface area (Å²) in [7, 11) is 0. The molecular formula is C11H13N3S. The summed E-state index contributed by atoms with van der Waals surface area (Å²) in [5, 5.41) is 0.738. The quantitative estimate of drug-likeness (QED) is 0.623. The van der Waals surface area contributed by atoms with E-state index in [1.54, 1.807) is 11.3 Å². The zero-order chi connectivity index (χ0) is 10.8. The Bertz CT molecular complexity index is 466. The van der Waals surface area contributed by atoms with Crippen molar-refractivity contribution in [1.82, 2.24) is 4.98 Å². The molecule has 0 saturated carbocycles. The van der Waals surface area contributed by atoms with Crippen LogP contribution >= 0.6 is 11.3 Å². The number of nitrogens with zero attached hydrogens (tertiary/aromatic N) is 2. The predicted octanol–water partition coefficient (Wildman–Crippen LogP) is 2.94. The number of nitrogens with two attached hydrogens (primary N) is 1. The largest absolute Gasteiger partial charge is 0.387 e. The van der Waals surface area contributed by atoms with E-state index < -0.39 is 0 Å². The molecule has 3 nitrogen and oxygen atoms in total. The number of benzene rings is 1. The minimum atomic E-state index is 0.261. The third kappa shape index (κ3) is 2.15. The van der Waals surface area contributed by atoms with Crippen molar-refractivity contribution in [2.75, 3.05) is 0 Å². The number of thiazole rings is 1.